The standard InChI is InChI=1S/C16H25N3O3.C4H8.C2H6/c1-16(2,3)22-15(20)19-9-7-18(8-10-19)12-5-6-13(17)14(11-12)21-4;1-3-4-2;1-2/h5-6,11H,7-10,17H2,1-4H3;3-4H,1-2H3;1-2H3/b;4-3-;. The molecule has 0 bridgehead atoms. The number of carbonyl (C=O) groups is 1. The number of nitrogen functional groups attached to an aromatic ring is 1. The van der Waals surface area contributed by atoms with Crippen molar-refractivity contribution in [3.8, 4) is 5.75 Å². The molecule has 0 unspecified atom stereocenters. The van der Waals surface area contributed by atoms with E-state index in [-0.39, 0.29) is 6.09 Å². The molecule has 1 aromatic rings. The Morgan fingerprint density at radius 2 is 1.61 bits per heavy atom. The minimum atomic E-state index is -0.460. The molecule has 160 valence electrons. The van der Waals surface area contributed by atoms with Crippen molar-refractivity contribution >= 4 is 17.5 Å². The van der Waals surface area contributed by atoms with Crippen molar-refractivity contribution in [1.82, 2.24) is 4.90 Å². The molecule has 2 rings (SSSR count). The van der Waals surface area contributed by atoms with Crippen molar-refractivity contribution in [2.75, 3.05) is 43.9 Å². The number of carbonyl (C=O) groups excluding carboxylic acids is 1. The summed E-state index contributed by atoms with van der Waals surface area (Å²) in [5, 5.41) is 0. The fraction of sp³-hybridized carbons (Fsp3) is 0.591. The number of hydrogen-bond acceptors (Lipinski definition) is 5. The number of rotatable bonds is 2. The molecule has 1 heterocycles. The topological polar surface area (TPSA) is 68.0 Å². The molecule has 28 heavy (non-hydrogen) atoms. The minimum absolute atomic E-state index is 0.248. The number of ether oxygens (including phenoxy) is 2. The number of methoxy groups -OCH3 is 1. The molecule has 0 radical (unpaired) electrons. The first-order valence-corrected chi connectivity index (χ1v) is 9.95. The van der Waals surface area contributed by atoms with Crippen LogP contribution in [-0.4, -0.2) is 49.9 Å². The Hall–Kier alpha value is -2.37. The second-order valence-electron chi connectivity index (χ2n) is 7.05. The molecular formula is C22H39N3O3. The van der Waals surface area contributed by atoms with Gasteiger partial charge in [0.25, 0.3) is 0 Å². The Morgan fingerprint density at radius 3 is 2.04 bits per heavy atom. The lowest BCUT2D eigenvalue weighted by Crippen LogP contribution is -2.50. The second kappa shape index (κ2) is 12.9. The molecule has 0 aliphatic carbocycles. The number of amides is 1. The van der Waals surface area contributed by atoms with Gasteiger partial charge in [0.2, 0.25) is 0 Å². The Kier molecular flexibility index (Phi) is 11.8. The van der Waals surface area contributed by atoms with E-state index in [9.17, 15) is 4.79 Å². The van der Waals surface area contributed by atoms with Gasteiger partial charge >= 0.3 is 6.09 Å². The van der Waals surface area contributed by atoms with Crippen molar-refractivity contribution in [2.45, 2.75) is 54.1 Å². The second-order valence-corrected chi connectivity index (χ2v) is 7.05. The van der Waals surface area contributed by atoms with E-state index in [1.807, 2.05) is 78.8 Å². The summed E-state index contributed by atoms with van der Waals surface area (Å²) in [6, 6.07) is 5.74. The van der Waals surface area contributed by atoms with Crippen molar-refractivity contribution in [2.24, 2.45) is 0 Å². The lowest BCUT2D eigenvalue weighted by Gasteiger charge is -2.36. The van der Waals surface area contributed by atoms with E-state index < -0.39 is 5.60 Å². The van der Waals surface area contributed by atoms with Crippen LogP contribution < -0.4 is 15.4 Å². The average molecular weight is 394 g/mol. The molecule has 2 N–H and O–H groups in total. The summed E-state index contributed by atoms with van der Waals surface area (Å²) in [5.74, 6) is 0.673. The summed E-state index contributed by atoms with van der Waals surface area (Å²) < 4.78 is 10.7. The molecule has 1 aliphatic heterocycles. The maximum Gasteiger partial charge on any atom is 0.410 e. The van der Waals surface area contributed by atoms with Gasteiger partial charge in [-0.2, -0.15) is 0 Å². The lowest BCUT2D eigenvalue weighted by molar-refractivity contribution is 0.0240. The minimum Gasteiger partial charge on any atom is -0.495 e. The molecular weight excluding hydrogens is 354 g/mol. The first kappa shape index (κ1) is 25.6. The maximum atomic E-state index is 12.1. The molecule has 0 spiro atoms. The van der Waals surface area contributed by atoms with Crippen LogP contribution in [0.5, 0.6) is 5.75 Å². The van der Waals surface area contributed by atoms with Gasteiger partial charge in [-0.15, -0.1) is 0 Å². The van der Waals surface area contributed by atoms with Gasteiger partial charge < -0.3 is 25.0 Å². The summed E-state index contributed by atoms with van der Waals surface area (Å²) in [5.41, 5.74) is 7.05. The molecule has 1 aromatic carbocycles. The number of piperazine rings is 1. The van der Waals surface area contributed by atoms with E-state index in [1.165, 1.54) is 0 Å². The first-order chi connectivity index (χ1) is 13.2. The van der Waals surface area contributed by atoms with Crippen LogP contribution in [-0.2, 0) is 4.74 Å². The van der Waals surface area contributed by atoms with E-state index in [2.05, 4.69) is 4.90 Å². The van der Waals surface area contributed by atoms with Crippen LogP contribution >= 0.6 is 0 Å². The monoisotopic (exact) mass is 393 g/mol. The van der Waals surface area contributed by atoms with Crippen molar-refractivity contribution in [1.29, 1.82) is 0 Å². The third kappa shape index (κ3) is 9.02. The molecule has 6 heteroatoms. The Morgan fingerprint density at radius 1 is 1.07 bits per heavy atom. The number of nitrogens with zero attached hydrogens (tertiary/aromatic N) is 2. The third-order valence-corrected chi connectivity index (χ3v) is 3.85. The highest BCUT2D eigenvalue weighted by Crippen LogP contribution is 2.28. The van der Waals surface area contributed by atoms with Crippen molar-refractivity contribution in [3.05, 3.63) is 30.4 Å². The Balaban J connectivity index is 0.00000108. The smallest absolute Gasteiger partial charge is 0.410 e. The van der Waals surface area contributed by atoms with E-state index >= 15 is 0 Å². The molecule has 1 amide bonds. The van der Waals surface area contributed by atoms with Crippen molar-refractivity contribution in [3.63, 3.8) is 0 Å². The van der Waals surface area contributed by atoms with E-state index in [0.29, 0.717) is 24.5 Å². The highest BCUT2D eigenvalue weighted by molar-refractivity contribution is 5.69. The summed E-state index contributed by atoms with van der Waals surface area (Å²) >= 11 is 0. The molecule has 6 nitrogen and oxygen atoms in total. The summed E-state index contributed by atoms with van der Waals surface area (Å²) in [6.07, 6.45) is 3.75. The van der Waals surface area contributed by atoms with Gasteiger partial charge in [-0.1, -0.05) is 26.0 Å². The predicted octanol–water partition coefficient (Wildman–Crippen LogP) is 4.94. The van der Waals surface area contributed by atoms with E-state index in [4.69, 9.17) is 15.2 Å². The SMILES string of the molecule is C/C=C\C.CC.COc1cc(N2CCN(C(=O)OC(C)(C)C)CC2)ccc1N. The third-order valence-electron chi connectivity index (χ3n) is 3.85. The molecule has 0 saturated carbocycles. The fourth-order valence-electron chi connectivity index (χ4n) is 2.37. The maximum absolute atomic E-state index is 12.1. The average Bonchev–Trinajstić information content (AvgIpc) is 2.69. The zero-order chi connectivity index (χ0) is 21.7. The fourth-order valence-corrected chi connectivity index (χ4v) is 2.37. The normalized spacial score (nSPS) is 13.9. The van der Waals surface area contributed by atoms with Crippen LogP contribution in [0.1, 0.15) is 48.5 Å². The zero-order valence-corrected chi connectivity index (χ0v) is 18.9. The van der Waals surface area contributed by atoms with Crippen LogP contribution in [0, 0.1) is 0 Å². The zero-order valence-electron chi connectivity index (χ0n) is 18.9. The van der Waals surface area contributed by atoms with E-state index in [1.54, 1.807) is 12.0 Å². The van der Waals surface area contributed by atoms with Crippen LogP contribution in [0.3, 0.4) is 0 Å². The molecule has 0 aromatic heterocycles. The van der Waals surface area contributed by atoms with Gasteiger partial charge in [-0.3, -0.25) is 0 Å². The number of benzene rings is 1. The van der Waals surface area contributed by atoms with Gasteiger partial charge in [-0.25, -0.2) is 4.79 Å². The van der Waals surface area contributed by atoms with Crippen molar-refractivity contribution < 1.29 is 14.3 Å². The van der Waals surface area contributed by atoms with Gasteiger partial charge in [0, 0.05) is 37.9 Å². The molecule has 1 saturated heterocycles. The van der Waals surface area contributed by atoms with Gasteiger partial charge in [0.1, 0.15) is 11.4 Å². The van der Waals surface area contributed by atoms with Gasteiger partial charge in [0.05, 0.1) is 12.8 Å². The molecule has 0 atom stereocenters. The Labute approximate surface area is 171 Å². The Bertz CT molecular complexity index is 598. The molecule has 1 fully saturated rings. The lowest BCUT2D eigenvalue weighted by atomic mass is 10.2. The van der Waals surface area contributed by atoms with Gasteiger partial charge in [0.15, 0.2) is 0 Å². The number of hydrogen-bond donors (Lipinski definition) is 1. The largest absolute Gasteiger partial charge is 0.495 e. The number of allylic oxidation sites excluding steroid dienone is 2. The van der Waals surface area contributed by atoms with Gasteiger partial charge in [-0.05, 0) is 46.8 Å². The van der Waals surface area contributed by atoms with Crippen LogP contribution in [0.15, 0.2) is 30.4 Å². The highest BCUT2D eigenvalue weighted by atomic mass is 16.6. The number of nitrogens with two attached hydrogens (primary N) is 1. The van der Waals surface area contributed by atoms with Crippen LogP contribution in [0.25, 0.3) is 0 Å². The van der Waals surface area contributed by atoms with Crippen LogP contribution in [0.2, 0.25) is 0 Å². The number of anilines is 2. The summed E-state index contributed by atoms with van der Waals surface area (Å²) in [6.45, 7) is 16.4. The van der Waals surface area contributed by atoms with E-state index in [0.717, 1.165) is 18.8 Å². The van der Waals surface area contributed by atoms with Crippen LogP contribution in [0.4, 0.5) is 16.2 Å². The quantitative estimate of drug-likeness (QED) is 0.569. The first-order valence-electron chi connectivity index (χ1n) is 9.95. The summed E-state index contributed by atoms with van der Waals surface area (Å²) in [7, 11) is 1.61. The predicted molar refractivity (Wildman–Crippen MR) is 119 cm³/mol. The highest BCUT2D eigenvalue weighted by Gasteiger charge is 2.26. The molecule has 1 aliphatic rings. The summed E-state index contributed by atoms with van der Waals surface area (Å²) in [4.78, 5) is 16.0.